The van der Waals surface area contributed by atoms with Gasteiger partial charge in [-0.3, -0.25) is 4.79 Å². The van der Waals surface area contributed by atoms with Crippen LogP contribution in [0.1, 0.15) is 12.7 Å². The van der Waals surface area contributed by atoms with Gasteiger partial charge in [-0.25, -0.2) is 0 Å². The fraction of sp³-hybridized carbons (Fsp3) is 0.235. The Morgan fingerprint density at radius 1 is 1.27 bits per heavy atom. The van der Waals surface area contributed by atoms with Gasteiger partial charge in [0.1, 0.15) is 5.76 Å². The first-order chi connectivity index (χ1) is 12.7. The highest BCUT2D eigenvalue weighted by atomic mass is 32.2. The van der Waals surface area contributed by atoms with Gasteiger partial charge in [0.2, 0.25) is 18.6 Å². The van der Waals surface area contributed by atoms with E-state index in [1.807, 2.05) is 6.07 Å². The van der Waals surface area contributed by atoms with Gasteiger partial charge in [-0.15, -0.1) is 10.2 Å². The molecule has 1 atom stereocenters. The monoisotopic (exact) mass is 373 g/mol. The van der Waals surface area contributed by atoms with E-state index < -0.39 is 5.25 Å². The van der Waals surface area contributed by atoms with Gasteiger partial charge in [-0.1, -0.05) is 11.8 Å². The molecule has 4 rings (SSSR count). The van der Waals surface area contributed by atoms with E-state index in [0.717, 1.165) is 5.56 Å². The Morgan fingerprint density at radius 2 is 2.15 bits per heavy atom. The zero-order chi connectivity index (χ0) is 17.9. The summed E-state index contributed by atoms with van der Waals surface area (Å²) in [6.45, 7) is 2.31. The molecule has 0 radical (unpaired) electrons. The minimum absolute atomic E-state index is 0.144. The summed E-state index contributed by atoms with van der Waals surface area (Å²) in [7, 11) is 0. The molecule has 1 N–H and O–H groups in total. The molecule has 3 heterocycles. The number of carbonyl (C=O) groups is 1. The minimum atomic E-state index is -0.394. The summed E-state index contributed by atoms with van der Waals surface area (Å²) in [5, 5.41) is 10.7. The van der Waals surface area contributed by atoms with Crippen molar-refractivity contribution in [3.05, 3.63) is 42.4 Å². The SMILES string of the molecule is C[C@H](Sc1nnc(-c2ccc3c(c2)OCO3)o1)C(=O)NCc1ccco1. The molecule has 134 valence electrons. The van der Waals surface area contributed by atoms with E-state index in [9.17, 15) is 4.79 Å². The van der Waals surface area contributed by atoms with Gasteiger partial charge in [0.15, 0.2) is 11.5 Å². The van der Waals surface area contributed by atoms with E-state index in [-0.39, 0.29) is 12.7 Å². The average Bonchev–Trinajstić information content (AvgIpc) is 3.39. The number of hydrogen-bond acceptors (Lipinski definition) is 8. The number of hydrogen-bond donors (Lipinski definition) is 1. The maximum Gasteiger partial charge on any atom is 0.277 e. The zero-order valence-corrected chi connectivity index (χ0v) is 14.6. The van der Waals surface area contributed by atoms with Crippen LogP contribution in [0.3, 0.4) is 0 Å². The van der Waals surface area contributed by atoms with E-state index in [4.69, 9.17) is 18.3 Å². The van der Waals surface area contributed by atoms with Crippen LogP contribution in [-0.4, -0.2) is 28.1 Å². The van der Waals surface area contributed by atoms with Crippen LogP contribution < -0.4 is 14.8 Å². The van der Waals surface area contributed by atoms with Crippen molar-refractivity contribution in [3.8, 4) is 23.0 Å². The molecule has 9 heteroatoms. The highest BCUT2D eigenvalue weighted by molar-refractivity contribution is 8.00. The molecule has 0 spiro atoms. The first-order valence-corrected chi connectivity index (χ1v) is 8.77. The number of carbonyl (C=O) groups excluding carboxylic acids is 1. The number of benzene rings is 1. The lowest BCUT2D eigenvalue weighted by Gasteiger charge is -2.08. The molecule has 0 aliphatic carbocycles. The Balaban J connectivity index is 1.37. The van der Waals surface area contributed by atoms with Crippen molar-refractivity contribution >= 4 is 17.7 Å². The highest BCUT2D eigenvalue weighted by Gasteiger charge is 2.20. The quantitative estimate of drug-likeness (QED) is 0.659. The van der Waals surface area contributed by atoms with Gasteiger partial charge in [-0.05, 0) is 37.3 Å². The number of amides is 1. The molecule has 0 bridgehead atoms. The molecule has 1 aromatic carbocycles. The van der Waals surface area contributed by atoms with Crippen molar-refractivity contribution in [1.82, 2.24) is 15.5 Å². The molecule has 3 aromatic rings. The number of thioether (sulfide) groups is 1. The molecule has 2 aromatic heterocycles. The van der Waals surface area contributed by atoms with Crippen LogP contribution in [0.25, 0.3) is 11.5 Å². The summed E-state index contributed by atoms with van der Waals surface area (Å²) in [5.41, 5.74) is 0.725. The standard InChI is InChI=1S/C17H15N3O5S/c1-10(15(21)18-8-12-3-2-6-22-12)26-17-20-19-16(25-17)11-4-5-13-14(7-11)24-9-23-13/h2-7,10H,8-9H2,1H3,(H,18,21)/t10-/m0/s1. The summed E-state index contributed by atoms with van der Waals surface area (Å²) in [5.74, 6) is 2.23. The van der Waals surface area contributed by atoms with E-state index in [1.165, 1.54) is 11.8 Å². The van der Waals surface area contributed by atoms with Gasteiger partial charge in [-0.2, -0.15) is 0 Å². The molecule has 1 amide bonds. The van der Waals surface area contributed by atoms with E-state index in [0.29, 0.717) is 34.9 Å². The largest absolute Gasteiger partial charge is 0.467 e. The van der Waals surface area contributed by atoms with Crippen molar-refractivity contribution in [3.63, 3.8) is 0 Å². The van der Waals surface area contributed by atoms with Crippen LogP contribution in [-0.2, 0) is 11.3 Å². The van der Waals surface area contributed by atoms with Gasteiger partial charge in [0, 0.05) is 5.56 Å². The summed E-state index contributed by atoms with van der Waals surface area (Å²) in [4.78, 5) is 12.2. The molecule has 26 heavy (non-hydrogen) atoms. The third kappa shape index (κ3) is 3.52. The number of aromatic nitrogens is 2. The van der Waals surface area contributed by atoms with E-state index >= 15 is 0 Å². The smallest absolute Gasteiger partial charge is 0.277 e. The second-order valence-electron chi connectivity index (χ2n) is 5.50. The molecule has 8 nitrogen and oxygen atoms in total. The van der Waals surface area contributed by atoms with Gasteiger partial charge >= 0.3 is 0 Å². The molecule has 0 saturated heterocycles. The minimum Gasteiger partial charge on any atom is -0.467 e. The van der Waals surface area contributed by atoms with Crippen LogP contribution in [0, 0.1) is 0 Å². The van der Waals surface area contributed by atoms with Crippen LogP contribution >= 0.6 is 11.8 Å². The predicted octanol–water partition coefficient (Wildman–Crippen LogP) is 2.86. The lowest BCUT2D eigenvalue weighted by atomic mass is 10.2. The maximum absolute atomic E-state index is 12.2. The topological polar surface area (TPSA) is 99.6 Å². The second-order valence-corrected chi connectivity index (χ2v) is 6.79. The second kappa shape index (κ2) is 7.12. The number of fused-ring (bicyclic) bond motifs is 1. The molecule has 1 aliphatic heterocycles. The highest BCUT2D eigenvalue weighted by Crippen LogP contribution is 2.36. The molecular formula is C17H15N3O5S. The zero-order valence-electron chi connectivity index (χ0n) is 13.8. The summed E-state index contributed by atoms with van der Waals surface area (Å²) < 4.78 is 21.5. The number of ether oxygens (including phenoxy) is 2. The summed E-state index contributed by atoms with van der Waals surface area (Å²) in [6.07, 6.45) is 1.57. The third-order valence-corrected chi connectivity index (χ3v) is 4.62. The Labute approximate surface area is 152 Å². The first-order valence-electron chi connectivity index (χ1n) is 7.89. The number of furan rings is 1. The Hall–Kier alpha value is -2.94. The van der Waals surface area contributed by atoms with Crippen LogP contribution in [0.2, 0.25) is 0 Å². The molecule has 0 saturated carbocycles. The summed E-state index contributed by atoms with van der Waals surface area (Å²) >= 11 is 1.19. The van der Waals surface area contributed by atoms with Crippen LogP contribution in [0.15, 0.2) is 50.7 Å². The molecular weight excluding hydrogens is 358 g/mol. The lowest BCUT2D eigenvalue weighted by molar-refractivity contribution is -0.120. The van der Waals surface area contributed by atoms with Crippen molar-refractivity contribution < 1.29 is 23.1 Å². The Morgan fingerprint density at radius 3 is 3.00 bits per heavy atom. The fourth-order valence-electron chi connectivity index (χ4n) is 2.34. The van der Waals surface area contributed by atoms with Gasteiger partial charge in [0.25, 0.3) is 5.22 Å². The number of rotatable bonds is 6. The molecule has 0 unspecified atom stereocenters. The number of nitrogens with zero attached hydrogens (tertiary/aromatic N) is 2. The van der Waals surface area contributed by atoms with Crippen molar-refractivity contribution in [2.24, 2.45) is 0 Å². The average molecular weight is 373 g/mol. The Kier molecular flexibility index (Phi) is 4.53. The van der Waals surface area contributed by atoms with E-state index in [2.05, 4.69) is 15.5 Å². The van der Waals surface area contributed by atoms with Crippen molar-refractivity contribution in [2.75, 3.05) is 6.79 Å². The first kappa shape index (κ1) is 16.5. The molecule has 1 aliphatic rings. The van der Waals surface area contributed by atoms with E-state index in [1.54, 1.807) is 37.5 Å². The van der Waals surface area contributed by atoms with Crippen molar-refractivity contribution in [2.45, 2.75) is 23.9 Å². The molecule has 0 fully saturated rings. The van der Waals surface area contributed by atoms with Crippen molar-refractivity contribution in [1.29, 1.82) is 0 Å². The normalized spacial score (nSPS) is 13.6. The fourth-order valence-corrected chi connectivity index (χ4v) is 3.05. The summed E-state index contributed by atoms with van der Waals surface area (Å²) in [6, 6.07) is 8.96. The lowest BCUT2D eigenvalue weighted by Crippen LogP contribution is -2.30. The van der Waals surface area contributed by atoms with Gasteiger partial charge in [0.05, 0.1) is 18.1 Å². The predicted molar refractivity (Wildman–Crippen MR) is 91.7 cm³/mol. The van der Waals surface area contributed by atoms with Gasteiger partial charge < -0.3 is 23.6 Å². The number of nitrogens with one attached hydrogen (secondary N) is 1. The van der Waals surface area contributed by atoms with Crippen LogP contribution in [0.4, 0.5) is 0 Å². The maximum atomic E-state index is 12.2. The Bertz CT molecular complexity index is 909. The third-order valence-electron chi connectivity index (χ3n) is 3.69. The van der Waals surface area contributed by atoms with Crippen LogP contribution in [0.5, 0.6) is 11.5 Å².